The summed E-state index contributed by atoms with van der Waals surface area (Å²) >= 11 is 0. The number of H-pyrrole nitrogens is 1. The molecule has 5 rings (SSSR count). The van der Waals surface area contributed by atoms with Gasteiger partial charge in [-0.1, -0.05) is 0 Å². The number of aromatic amines is 1. The van der Waals surface area contributed by atoms with Crippen molar-refractivity contribution in [1.82, 2.24) is 25.5 Å². The number of benzene rings is 1. The Labute approximate surface area is 181 Å². The van der Waals surface area contributed by atoms with Crippen molar-refractivity contribution in [2.75, 3.05) is 18.0 Å². The first-order valence-electron chi connectivity index (χ1n) is 10.8. The molecule has 1 atom stereocenters. The van der Waals surface area contributed by atoms with E-state index in [-0.39, 0.29) is 11.3 Å². The Hall–Kier alpha value is -3.19. The third-order valence-corrected chi connectivity index (χ3v) is 5.89. The van der Waals surface area contributed by atoms with Gasteiger partial charge in [0.2, 0.25) is 0 Å². The van der Waals surface area contributed by atoms with Crippen molar-refractivity contribution >= 4 is 27.8 Å². The van der Waals surface area contributed by atoms with Crippen molar-refractivity contribution in [1.29, 1.82) is 0 Å². The largest absolute Gasteiger partial charge is 0.507 e. The molecule has 0 bridgehead atoms. The van der Waals surface area contributed by atoms with Crippen LogP contribution in [0, 0.1) is 6.92 Å². The zero-order valence-corrected chi connectivity index (χ0v) is 18.4. The lowest BCUT2D eigenvalue weighted by Crippen LogP contribution is -2.44. The van der Waals surface area contributed by atoms with Crippen LogP contribution in [0.2, 0.25) is 0 Å². The van der Waals surface area contributed by atoms with Crippen molar-refractivity contribution < 1.29 is 5.11 Å². The van der Waals surface area contributed by atoms with Crippen LogP contribution in [-0.2, 0) is 0 Å². The Morgan fingerprint density at radius 3 is 2.71 bits per heavy atom. The minimum absolute atomic E-state index is 0.112. The molecule has 0 saturated carbocycles. The van der Waals surface area contributed by atoms with Gasteiger partial charge in [0.1, 0.15) is 11.6 Å². The first-order chi connectivity index (χ1) is 14.8. The standard InChI is InChI=1S/C24H28N6O/c1-14-22-15(12-25-29-22)11-17(23(14)31)18-5-6-20-19(26-18)7-8-21(27-20)30-10-9-16(13-30)28-24(2,3)4/h5-8,11-12,16,28,31H,9-10,13H2,1-4H3,(H,25,29). The second-order valence-corrected chi connectivity index (χ2v) is 9.45. The van der Waals surface area contributed by atoms with E-state index in [0.717, 1.165) is 58.5 Å². The lowest BCUT2D eigenvalue weighted by molar-refractivity contribution is 0.373. The average molecular weight is 417 g/mol. The number of nitrogens with one attached hydrogen (secondary N) is 2. The number of hydrogen-bond acceptors (Lipinski definition) is 6. The number of phenols is 1. The molecule has 31 heavy (non-hydrogen) atoms. The maximum absolute atomic E-state index is 10.7. The quantitative estimate of drug-likeness (QED) is 0.465. The maximum atomic E-state index is 10.7. The Bertz CT molecular complexity index is 1270. The van der Waals surface area contributed by atoms with Gasteiger partial charge >= 0.3 is 0 Å². The third kappa shape index (κ3) is 3.70. The van der Waals surface area contributed by atoms with Crippen molar-refractivity contribution in [2.45, 2.75) is 45.7 Å². The van der Waals surface area contributed by atoms with E-state index < -0.39 is 0 Å². The van der Waals surface area contributed by atoms with Crippen molar-refractivity contribution in [3.8, 4) is 17.0 Å². The van der Waals surface area contributed by atoms with E-state index >= 15 is 0 Å². The number of aromatic nitrogens is 4. The third-order valence-electron chi connectivity index (χ3n) is 5.89. The van der Waals surface area contributed by atoms with E-state index in [1.165, 1.54) is 0 Å². The molecule has 7 nitrogen and oxygen atoms in total. The number of pyridine rings is 2. The Balaban J connectivity index is 1.44. The highest BCUT2D eigenvalue weighted by atomic mass is 16.3. The van der Waals surface area contributed by atoms with Gasteiger partial charge in [0.15, 0.2) is 0 Å². The lowest BCUT2D eigenvalue weighted by Gasteiger charge is -2.26. The number of aryl methyl sites for hydroxylation is 1. The van der Waals surface area contributed by atoms with Crippen LogP contribution in [0.3, 0.4) is 0 Å². The molecule has 3 N–H and O–H groups in total. The molecule has 160 valence electrons. The fraction of sp³-hybridized carbons (Fsp3) is 0.375. The predicted octanol–water partition coefficient (Wildman–Crippen LogP) is 4.15. The summed E-state index contributed by atoms with van der Waals surface area (Å²) in [5.74, 6) is 1.20. The highest BCUT2D eigenvalue weighted by Gasteiger charge is 2.26. The smallest absolute Gasteiger partial charge is 0.130 e. The number of hydrogen-bond donors (Lipinski definition) is 3. The summed E-state index contributed by atoms with van der Waals surface area (Å²) in [6.45, 7) is 10.4. The molecule has 3 aromatic heterocycles. The van der Waals surface area contributed by atoms with Crippen molar-refractivity contribution in [3.63, 3.8) is 0 Å². The Morgan fingerprint density at radius 1 is 1.13 bits per heavy atom. The molecule has 1 saturated heterocycles. The van der Waals surface area contributed by atoms with Gasteiger partial charge in [-0.15, -0.1) is 0 Å². The first kappa shape index (κ1) is 19.8. The number of fused-ring (bicyclic) bond motifs is 2. The zero-order chi connectivity index (χ0) is 21.8. The van der Waals surface area contributed by atoms with Gasteiger partial charge in [-0.2, -0.15) is 5.10 Å². The molecule has 1 unspecified atom stereocenters. The number of rotatable bonds is 3. The summed E-state index contributed by atoms with van der Waals surface area (Å²) in [4.78, 5) is 12.0. The zero-order valence-electron chi connectivity index (χ0n) is 18.4. The molecular weight excluding hydrogens is 388 g/mol. The summed E-state index contributed by atoms with van der Waals surface area (Å²) in [5, 5.41) is 22.4. The Kier molecular flexibility index (Phi) is 4.59. The van der Waals surface area contributed by atoms with Gasteiger partial charge in [0, 0.05) is 47.4 Å². The van der Waals surface area contributed by atoms with Gasteiger partial charge in [-0.05, 0) is 64.4 Å². The van der Waals surface area contributed by atoms with Crippen molar-refractivity contribution in [3.05, 3.63) is 42.1 Å². The monoisotopic (exact) mass is 416 g/mol. The molecular formula is C24H28N6O. The van der Waals surface area contributed by atoms with Crippen molar-refractivity contribution in [2.24, 2.45) is 0 Å². The topological polar surface area (TPSA) is 90.0 Å². The van der Waals surface area contributed by atoms with Crippen LogP contribution in [0.25, 0.3) is 33.2 Å². The molecule has 0 spiro atoms. The second-order valence-electron chi connectivity index (χ2n) is 9.45. The van der Waals surface area contributed by atoms with E-state index in [1.54, 1.807) is 0 Å². The maximum Gasteiger partial charge on any atom is 0.130 e. The van der Waals surface area contributed by atoms with E-state index in [4.69, 9.17) is 9.97 Å². The van der Waals surface area contributed by atoms with Crippen LogP contribution < -0.4 is 10.2 Å². The molecule has 1 aliphatic heterocycles. The van der Waals surface area contributed by atoms with Gasteiger partial charge < -0.3 is 15.3 Å². The minimum atomic E-state index is 0.112. The number of nitrogens with zero attached hydrogens (tertiary/aromatic N) is 4. The summed E-state index contributed by atoms with van der Waals surface area (Å²) in [6, 6.07) is 10.4. The highest BCUT2D eigenvalue weighted by molar-refractivity contribution is 5.91. The number of phenolic OH excluding ortho intramolecular Hbond substituents is 1. The fourth-order valence-corrected chi connectivity index (χ4v) is 4.47. The minimum Gasteiger partial charge on any atom is -0.507 e. The summed E-state index contributed by atoms with van der Waals surface area (Å²) in [7, 11) is 0. The number of aromatic hydroxyl groups is 1. The average Bonchev–Trinajstić information content (AvgIpc) is 3.38. The van der Waals surface area contributed by atoms with E-state index in [2.05, 4.69) is 41.2 Å². The Morgan fingerprint density at radius 2 is 1.90 bits per heavy atom. The van der Waals surface area contributed by atoms with E-state index in [9.17, 15) is 5.11 Å². The van der Waals surface area contributed by atoms with E-state index in [0.29, 0.717) is 11.6 Å². The van der Waals surface area contributed by atoms with Crippen LogP contribution in [0.1, 0.15) is 32.8 Å². The molecule has 0 aliphatic carbocycles. The molecule has 4 aromatic rings. The normalized spacial score (nSPS) is 17.2. The fourth-order valence-electron chi connectivity index (χ4n) is 4.47. The van der Waals surface area contributed by atoms with Gasteiger partial charge in [0.05, 0.1) is 22.2 Å². The molecule has 1 aliphatic rings. The second kappa shape index (κ2) is 7.20. The van der Waals surface area contributed by atoms with Crippen LogP contribution in [-0.4, -0.2) is 49.9 Å². The van der Waals surface area contributed by atoms with Gasteiger partial charge in [-0.25, -0.2) is 9.97 Å². The molecule has 0 amide bonds. The van der Waals surface area contributed by atoms with E-state index in [1.807, 2.05) is 43.5 Å². The molecule has 1 aromatic carbocycles. The molecule has 0 radical (unpaired) electrons. The SMILES string of the molecule is Cc1c(O)c(-c2ccc3nc(N4CCC(NC(C)(C)C)C4)ccc3n2)cc2c[nH]nc12. The molecule has 1 fully saturated rings. The molecule has 7 heteroatoms. The lowest BCUT2D eigenvalue weighted by atomic mass is 10.0. The van der Waals surface area contributed by atoms with Gasteiger partial charge in [0.25, 0.3) is 0 Å². The van der Waals surface area contributed by atoms with Crippen LogP contribution >= 0.6 is 0 Å². The van der Waals surface area contributed by atoms with Crippen LogP contribution in [0.4, 0.5) is 5.82 Å². The number of anilines is 1. The predicted molar refractivity (Wildman–Crippen MR) is 125 cm³/mol. The first-order valence-corrected chi connectivity index (χ1v) is 10.8. The molecule has 4 heterocycles. The summed E-state index contributed by atoms with van der Waals surface area (Å²) in [6.07, 6.45) is 2.95. The highest BCUT2D eigenvalue weighted by Crippen LogP contribution is 2.36. The summed E-state index contributed by atoms with van der Waals surface area (Å²) in [5.41, 5.74) is 4.73. The summed E-state index contributed by atoms with van der Waals surface area (Å²) < 4.78 is 0. The van der Waals surface area contributed by atoms with Crippen LogP contribution in [0.15, 0.2) is 36.5 Å². The van der Waals surface area contributed by atoms with Crippen LogP contribution in [0.5, 0.6) is 5.75 Å². The van der Waals surface area contributed by atoms with Gasteiger partial charge in [-0.3, -0.25) is 5.10 Å².